The normalized spacial score (nSPS) is 11.6. The highest BCUT2D eigenvalue weighted by atomic mass is 28.3. The van der Waals surface area contributed by atoms with Crippen LogP contribution in [0.1, 0.15) is 0 Å². The van der Waals surface area contributed by atoms with E-state index < -0.39 is 16.1 Å². The van der Waals surface area contributed by atoms with Crippen LogP contribution in [0.2, 0.25) is 0 Å². The molecule has 2 heteroatoms. The first-order chi connectivity index (χ1) is 21.8. The molecule has 0 saturated heterocycles. The fourth-order valence-corrected chi connectivity index (χ4v) is 16.6. The minimum Gasteiger partial charge on any atom is -0.171 e. The summed E-state index contributed by atoms with van der Waals surface area (Å²) in [6, 6.07) is 76.8. The van der Waals surface area contributed by atoms with Gasteiger partial charge in [0.25, 0.3) is 0 Å². The molecule has 0 spiro atoms. The van der Waals surface area contributed by atoms with Crippen molar-refractivity contribution in [3.05, 3.63) is 206 Å². The minimum absolute atomic E-state index is 1.39. The summed E-state index contributed by atoms with van der Waals surface area (Å²) in [5, 5.41) is 11.1. The van der Waals surface area contributed by atoms with E-state index in [1.54, 1.807) is 0 Å². The van der Waals surface area contributed by atoms with E-state index >= 15 is 0 Å². The van der Waals surface area contributed by atoms with Crippen molar-refractivity contribution < 1.29 is 0 Å². The van der Waals surface area contributed by atoms with Gasteiger partial charge in [-0.2, -0.15) is 41.5 Å². The maximum atomic E-state index is 2.45. The van der Waals surface area contributed by atoms with Crippen LogP contribution in [0, 0.1) is 0 Å². The molecule has 0 aliphatic carbocycles. The molecule has 7 rings (SSSR count). The van der Waals surface area contributed by atoms with Gasteiger partial charge in [0.15, 0.2) is 0 Å². The molecular weight excluding hydrogens is 561 g/mol. The van der Waals surface area contributed by atoms with Crippen LogP contribution < -0.4 is 41.5 Å². The Bertz CT molecular complexity index is 1570. The van der Waals surface area contributed by atoms with Gasteiger partial charge in [-0.25, -0.2) is 0 Å². The third-order valence-corrected chi connectivity index (χ3v) is 18.6. The van der Waals surface area contributed by atoms with E-state index in [0.29, 0.717) is 0 Å². The monoisotopic (exact) mass is 594 g/mol. The van der Waals surface area contributed by atoms with Gasteiger partial charge in [0.05, 0.1) is 0 Å². The fourth-order valence-electron chi connectivity index (χ4n) is 7.10. The third-order valence-electron chi connectivity index (χ3n) is 8.99. The van der Waals surface area contributed by atoms with Crippen molar-refractivity contribution in [2.24, 2.45) is 0 Å². The number of hydrogen-bond acceptors (Lipinski definition) is 0. The van der Waals surface area contributed by atoms with E-state index in [4.69, 9.17) is 0 Å². The quantitative estimate of drug-likeness (QED) is 0.180. The molecule has 212 valence electrons. The van der Waals surface area contributed by atoms with Crippen molar-refractivity contribution in [3.8, 4) is 0 Å². The SMILES string of the molecule is c1ccc([Si-](c2ccccc2)(c2ccccc2)c2ccc([Si-](c3ccccc3)(c3ccccc3)c3ccccc3)cc2)cc1. The second-order valence-corrected chi connectivity index (χ2v) is 18.9. The predicted octanol–water partition coefficient (Wildman–Crippen LogP) is 4.44. The number of hydrogen-bond donors (Lipinski definition) is 0. The van der Waals surface area contributed by atoms with Gasteiger partial charge < -0.3 is 0 Å². The van der Waals surface area contributed by atoms with Crippen LogP contribution in [0.25, 0.3) is 0 Å². The molecular formula is C42H34Si2-2. The highest BCUT2D eigenvalue weighted by Gasteiger charge is 2.30. The zero-order valence-corrected chi connectivity index (χ0v) is 26.6. The Kier molecular flexibility index (Phi) is 7.77. The summed E-state index contributed by atoms with van der Waals surface area (Å²) >= 11 is 0. The summed E-state index contributed by atoms with van der Waals surface area (Å²) in [4.78, 5) is 0. The minimum atomic E-state index is -2.60. The Morgan fingerprint density at radius 2 is 0.295 bits per heavy atom. The van der Waals surface area contributed by atoms with Gasteiger partial charge in [0.1, 0.15) is 0 Å². The molecule has 0 N–H and O–H groups in total. The summed E-state index contributed by atoms with van der Waals surface area (Å²) in [7, 11) is -5.21. The lowest BCUT2D eigenvalue weighted by Gasteiger charge is -2.49. The highest BCUT2D eigenvalue weighted by molar-refractivity contribution is 7.21. The van der Waals surface area contributed by atoms with Crippen molar-refractivity contribution in [2.75, 3.05) is 0 Å². The van der Waals surface area contributed by atoms with Gasteiger partial charge in [-0.3, -0.25) is 0 Å². The Balaban J connectivity index is 1.52. The molecule has 0 aliphatic heterocycles. The molecule has 44 heavy (non-hydrogen) atoms. The van der Waals surface area contributed by atoms with Crippen LogP contribution in [-0.4, -0.2) is 16.1 Å². The van der Waals surface area contributed by atoms with Gasteiger partial charge in [-0.1, -0.05) is 206 Å². The predicted molar refractivity (Wildman–Crippen MR) is 194 cm³/mol. The first-order valence-electron chi connectivity index (χ1n) is 15.3. The maximum absolute atomic E-state index is 2.60. The number of rotatable bonds is 8. The average molecular weight is 595 g/mol. The Labute approximate surface area is 263 Å². The first-order valence-corrected chi connectivity index (χ1v) is 19.3. The van der Waals surface area contributed by atoms with Crippen molar-refractivity contribution in [1.82, 2.24) is 0 Å². The Morgan fingerprint density at radius 3 is 0.455 bits per heavy atom. The fraction of sp³-hybridized carbons (Fsp3) is 0. The van der Waals surface area contributed by atoms with Gasteiger partial charge in [0, 0.05) is 0 Å². The highest BCUT2D eigenvalue weighted by Crippen LogP contribution is 2.12. The van der Waals surface area contributed by atoms with Crippen molar-refractivity contribution in [2.45, 2.75) is 0 Å². The molecule has 0 heterocycles. The molecule has 0 unspecified atom stereocenters. The lowest BCUT2D eigenvalue weighted by atomic mass is 10.3. The maximum Gasteiger partial charge on any atom is -0.0272 e. The second-order valence-electron chi connectivity index (χ2n) is 11.3. The summed E-state index contributed by atoms with van der Waals surface area (Å²) < 4.78 is 0. The van der Waals surface area contributed by atoms with Gasteiger partial charge >= 0.3 is 0 Å². The first kappa shape index (κ1) is 27.8. The van der Waals surface area contributed by atoms with Crippen molar-refractivity contribution in [3.63, 3.8) is 0 Å². The van der Waals surface area contributed by atoms with Gasteiger partial charge in [0.2, 0.25) is 0 Å². The van der Waals surface area contributed by atoms with E-state index in [1.807, 2.05) is 0 Å². The molecule has 7 aromatic rings. The van der Waals surface area contributed by atoms with Crippen LogP contribution in [0.5, 0.6) is 0 Å². The van der Waals surface area contributed by atoms with Crippen molar-refractivity contribution >= 4 is 57.6 Å². The van der Waals surface area contributed by atoms with Gasteiger partial charge in [-0.15, -0.1) is 0 Å². The van der Waals surface area contributed by atoms with Gasteiger partial charge in [-0.05, 0) is 16.1 Å². The average Bonchev–Trinajstić information content (AvgIpc) is 3.12. The Morgan fingerprint density at radius 1 is 0.159 bits per heavy atom. The summed E-state index contributed by atoms with van der Waals surface area (Å²) in [6.45, 7) is 0. The van der Waals surface area contributed by atoms with E-state index in [1.165, 1.54) is 41.5 Å². The zero-order valence-electron chi connectivity index (χ0n) is 24.6. The molecule has 0 atom stereocenters. The molecule has 0 fully saturated rings. The second kappa shape index (κ2) is 12.3. The lowest BCUT2D eigenvalue weighted by Crippen LogP contribution is -2.76. The van der Waals surface area contributed by atoms with E-state index in [2.05, 4.69) is 206 Å². The van der Waals surface area contributed by atoms with E-state index in [0.717, 1.165) is 0 Å². The Hall–Kier alpha value is -5.03. The summed E-state index contributed by atoms with van der Waals surface area (Å²) in [6.07, 6.45) is 0. The molecule has 0 aliphatic rings. The molecule has 0 saturated carbocycles. The van der Waals surface area contributed by atoms with E-state index in [9.17, 15) is 0 Å². The standard InChI is InChI=1S/C42H34Si2/c1-7-19-35(20-8-1)43(36-21-9-2-10-22-36,37-23-11-3-12-24-37)41-31-33-42(34-32-41)44(38-25-13-4-14-26-38,39-27-15-5-16-28-39)40-29-17-6-18-30-40/h1-34H/q-2. The van der Waals surface area contributed by atoms with Crippen LogP contribution in [0.3, 0.4) is 0 Å². The molecule has 0 bridgehead atoms. The number of benzene rings is 7. The smallest absolute Gasteiger partial charge is 0.0272 e. The summed E-state index contributed by atoms with van der Waals surface area (Å²) in [5.74, 6) is 0. The van der Waals surface area contributed by atoms with Crippen LogP contribution >= 0.6 is 0 Å². The topological polar surface area (TPSA) is 0 Å². The molecule has 0 amide bonds. The third kappa shape index (κ3) is 4.69. The summed E-state index contributed by atoms with van der Waals surface area (Å²) in [5.41, 5.74) is 0. The van der Waals surface area contributed by atoms with E-state index in [-0.39, 0.29) is 0 Å². The largest absolute Gasteiger partial charge is 0.171 e. The van der Waals surface area contributed by atoms with Crippen molar-refractivity contribution in [1.29, 1.82) is 0 Å². The molecule has 0 nitrogen and oxygen atoms in total. The van der Waals surface area contributed by atoms with Crippen LogP contribution in [-0.2, 0) is 0 Å². The molecule has 7 aromatic carbocycles. The lowest BCUT2D eigenvalue weighted by molar-refractivity contribution is 1.65. The zero-order chi connectivity index (χ0) is 29.7. The van der Waals surface area contributed by atoms with Crippen LogP contribution in [0.15, 0.2) is 206 Å². The molecule has 0 aromatic heterocycles. The van der Waals surface area contributed by atoms with Crippen LogP contribution in [0.4, 0.5) is 0 Å². The molecule has 0 radical (unpaired) electrons.